The van der Waals surface area contributed by atoms with Gasteiger partial charge in [-0.05, 0) is 0 Å². The van der Waals surface area contributed by atoms with Gasteiger partial charge >= 0.3 is 0 Å². The zero-order valence-electron chi connectivity index (χ0n) is 16.9. The number of nitrogens with one attached hydrogen (secondary N) is 2. The molecule has 0 saturated carbocycles. The van der Waals surface area contributed by atoms with Crippen LogP contribution in [-0.4, -0.2) is 34.8 Å². The number of H-pyrrole nitrogens is 1. The molecule has 0 spiro atoms. The summed E-state index contributed by atoms with van der Waals surface area (Å²) in [5.41, 5.74) is 1.47. The third-order valence-electron chi connectivity index (χ3n) is 4.34. The largest absolute Gasteiger partial charge is 0.282 e. The number of rotatable bonds is 2. The highest BCUT2D eigenvalue weighted by Gasteiger charge is 2.32. The molecule has 0 radical (unpaired) electrons. The minimum Gasteiger partial charge on any atom is -0.282 e. The second-order valence-electron chi connectivity index (χ2n) is 8.85. The summed E-state index contributed by atoms with van der Waals surface area (Å²) in [6.07, 6.45) is 0. The molecule has 0 bridgehead atoms. The topological polar surface area (TPSA) is 148 Å². The van der Waals surface area contributed by atoms with Crippen molar-refractivity contribution in [1.29, 1.82) is 5.26 Å². The van der Waals surface area contributed by atoms with E-state index in [4.69, 9.17) is 0 Å². The summed E-state index contributed by atoms with van der Waals surface area (Å²) in [6.45, 7) is 12.3. The van der Waals surface area contributed by atoms with Crippen molar-refractivity contribution >= 4 is 28.1 Å². The molecule has 1 aliphatic rings. The number of hydrogen-bond acceptors (Lipinski definition) is 8. The molecule has 10 nitrogen and oxygen atoms in total. The van der Waals surface area contributed by atoms with Crippen LogP contribution in [0.15, 0.2) is 10.2 Å². The molecule has 11 heteroatoms. The van der Waals surface area contributed by atoms with Crippen molar-refractivity contribution in [3.8, 4) is 6.07 Å². The number of aromatic nitrogens is 4. The summed E-state index contributed by atoms with van der Waals surface area (Å²) in [4.78, 5) is 0. The van der Waals surface area contributed by atoms with Crippen molar-refractivity contribution < 1.29 is 9.11 Å². The monoisotopic (exact) mass is 406 g/mol. The molecule has 3 heterocycles. The van der Waals surface area contributed by atoms with Gasteiger partial charge < -0.3 is 0 Å². The van der Waals surface area contributed by atoms with E-state index >= 15 is 0 Å². The summed E-state index contributed by atoms with van der Waals surface area (Å²) < 4.78 is 24.6. The molecule has 2 aromatic heterocycles. The average molecular weight is 407 g/mol. The van der Waals surface area contributed by atoms with E-state index in [-0.39, 0.29) is 22.4 Å². The van der Waals surface area contributed by atoms with Crippen molar-refractivity contribution in [1.82, 2.24) is 20.0 Å². The molecule has 2 aromatic rings. The van der Waals surface area contributed by atoms with Crippen LogP contribution in [0.5, 0.6) is 0 Å². The number of hydrogen-bond donors (Lipinski definition) is 4. The van der Waals surface area contributed by atoms with Gasteiger partial charge in [-0.3, -0.25) is 18.9 Å². The molecule has 0 atom stereocenters. The van der Waals surface area contributed by atoms with Crippen LogP contribution in [-0.2, 0) is 17.4 Å². The van der Waals surface area contributed by atoms with Gasteiger partial charge in [-0.1, -0.05) is 41.5 Å². The fraction of sp³-hybridized carbons (Fsp3) is 0.588. The van der Waals surface area contributed by atoms with Crippen molar-refractivity contribution in [2.45, 2.75) is 58.9 Å². The molecule has 4 N–H and O–H groups in total. The van der Waals surface area contributed by atoms with Crippen LogP contribution in [0.25, 0.3) is 0 Å². The fourth-order valence-corrected chi connectivity index (χ4v) is 3.93. The number of anilines is 1. The fourth-order valence-electron chi connectivity index (χ4n) is 2.89. The summed E-state index contributed by atoms with van der Waals surface area (Å²) in [7, 11) is -2.95. The normalized spacial score (nSPS) is 17.8. The lowest BCUT2D eigenvalue weighted by Crippen LogP contribution is -2.25. The summed E-state index contributed by atoms with van der Waals surface area (Å²) in [5, 5.41) is 29.7. The molecule has 28 heavy (non-hydrogen) atoms. The Labute approximate surface area is 165 Å². The lowest BCUT2D eigenvalue weighted by Gasteiger charge is -2.37. The first kappa shape index (κ1) is 20.3. The predicted molar refractivity (Wildman–Crippen MR) is 108 cm³/mol. The first-order chi connectivity index (χ1) is 12.8. The molecule has 0 unspecified atom stereocenters. The molecular weight excluding hydrogens is 380 g/mol. The molecule has 0 saturated heterocycles. The Morgan fingerprint density at radius 1 is 1.14 bits per heavy atom. The van der Waals surface area contributed by atoms with Crippen molar-refractivity contribution in [2.75, 3.05) is 10.5 Å². The minimum atomic E-state index is -2.95. The van der Waals surface area contributed by atoms with E-state index in [0.717, 1.165) is 0 Å². The Bertz CT molecular complexity index is 969. The number of aromatic amines is 1. The molecule has 152 valence electrons. The van der Waals surface area contributed by atoms with Gasteiger partial charge in [0.1, 0.15) is 11.6 Å². The Kier molecular flexibility index (Phi) is 4.77. The smallest absolute Gasteiger partial charge is 0.213 e. The van der Waals surface area contributed by atoms with Crippen LogP contribution in [0.2, 0.25) is 0 Å². The summed E-state index contributed by atoms with van der Waals surface area (Å²) in [5.74, 6) is 0.772. The van der Waals surface area contributed by atoms with E-state index in [1.165, 1.54) is 0 Å². The molecular formula is C17H26N8O2S. The Hall–Kier alpha value is -2.42. The van der Waals surface area contributed by atoms with Crippen LogP contribution in [0.1, 0.15) is 58.5 Å². The van der Waals surface area contributed by atoms with Gasteiger partial charge in [-0.25, -0.2) is 4.68 Å². The molecule has 0 aliphatic carbocycles. The average Bonchev–Trinajstić information content (AvgIpc) is 3.11. The maximum Gasteiger partial charge on any atom is 0.213 e. The third-order valence-corrected chi connectivity index (χ3v) is 5.61. The first-order valence-electron chi connectivity index (χ1n) is 8.89. The second kappa shape index (κ2) is 6.58. The maximum absolute atomic E-state index is 10.1. The van der Waals surface area contributed by atoms with E-state index < -0.39 is 10.8 Å². The molecule has 1 aliphatic heterocycles. The number of aryl methyl sites for hydroxylation is 1. The van der Waals surface area contributed by atoms with Gasteiger partial charge in [0.25, 0.3) is 0 Å². The van der Waals surface area contributed by atoms with Gasteiger partial charge in [0.05, 0.1) is 23.7 Å². The Morgan fingerprint density at radius 2 is 1.82 bits per heavy atom. The quantitative estimate of drug-likeness (QED) is 0.537. The van der Waals surface area contributed by atoms with Crippen LogP contribution >= 0.6 is 10.8 Å². The van der Waals surface area contributed by atoms with Gasteiger partial charge in [0, 0.05) is 10.8 Å². The number of nitrogens with zero attached hydrogens (tertiary/aromatic N) is 6. The summed E-state index contributed by atoms with van der Waals surface area (Å²) in [6, 6.07) is 2.14. The maximum atomic E-state index is 10.1. The Morgan fingerprint density at radius 3 is 2.39 bits per heavy atom. The molecule has 0 aromatic carbocycles. The highest BCUT2D eigenvalue weighted by Crippen LogP contribution is 2.48. The third kappa shape index (κ3) is 3.76. The predicted octanol–water partition coefficient (Wildman–Crippen LogP) is 4.58. The highest BCUT2D eigenvalue weighted by molar-refractivity contribution is 8.25. The van der Waals surface area contributed by atoms with Gasteiger partial charge in [-0.15, -0.1) is 21.0 Å². The molecule has 0 fully saturated rings. The standard InChI is InChI=1S/C17H26N8O2S/c1-16(2,3)12-10(9-18)14(22-20-12)21-19-11-13(17(4,5)6)23-25-7-8-28(26,27)24-15(11)25/h24,26-27H,7-8H2,1-6H3,(H,20,22). The van der Waals surface area contributed by atoms with Crippen LogP contribution in [0.4, 0.5) is 17.3 Å². The lowest BCUT2D eigenvalue weighted by atomic mass is 9.90. The van der Waals surface area contributed by atoms with Gasteiger partial charge in [-0.2, -0.15) is 15.5 Å². The van der Waals surface area contributed by atoms with E-state index in [1.54, 1.807) is 4.68 Å². The van der Waals surface area contributed by atoms with Crippen LogP contribution in [0.3, 0.4) is 0 Å². The number of azo groups is 1. The minimum absolute atomic E-state index is 0.175. The van der Waals surface area contributed by atoms with Crippen molar-refractivity contribution in [2.24, 2.45) is 10.2 Å². The second-order valence-corrected chi connectivity index (χ2v) is 10.8. The zero-order valence-corrected chi connectivity index (χ0v) is 17.7. The number of fused-ring (bicyclic) bond motifs is 1. The van der Waals surface area contributed by atoms with E-state index in [1.807, 2.05) is 41.5 Å². The zero-order chi connectivity index (χ0) is 20.9. The SMILES string of the molecule is CC(C)(C)c1nn2c(c1N=Nc1n[nH]c(C(C)(C)C)c1C#N)NS(O)(O)CC2. The van der Waals surface area contributed by atoms with Gasteiger partial charge in [0.15, 0.2) is 11.5 Å². The molecule has 0 amide bonds. The van der Waals surface area contributed by atoms with Gasteiger partial charge in [0.2, 0.25) is 5.82 Å². The Balaban J connectivity index is 2.09. The lowest BCUT2D eigenvalue weighted by molar-refractivity contribution is 0.475. The summed E-state index contributed by atoms with van der Waals surface area (Å²) >= 11 is 0. The van der Waals surface area contributed by atoms with E-state index in [0.29, 0.717) is 35.0 Å². The van der Waals surface area contributed by atoms with Crippen LogP contribution < -0.4 is 4.72 Å². The van der Waals surface area contributed by atoms with E-state index in [9.17, 15) is 14.4 Å². The molecule has 3 rings (SSSR count). The first-order valence-corrected chi connectivity index (χ1v) is 10.6. The van der Waals surface area contributed by atoms with Crippen molar-refractivity contribution in [3.05, 3.63) is 17.0 Å². The highest BCUT2D eigenvalue weighted by atomic mass is 32.3. The van der Waals surface area contributed by atoms with Crippen LogP contribution in [0, 0.1) is 11.3 Å². The van der Waals surface area contributed by atoms with Crippen molar-refractivity contribution in [3.63, 3.8) is 0 Å². The number of nitriles is 1. The van der Waals surface area contributed by atoms with E-state index in [2.05, 4.69) is 36.3 Å².